The van der Waals surface area contributed by atoms with Crippen molar-refractivity contribution in [2.75, 3.05) is 12.4 Å². The fourth-order valence-corrected chi connectivity index (χ4v) is 4.35. The summed E-state index contributed by atoms with van der Waals surface area (Å²) in [6.07, 6.45) is 7.58. The van der Waals surface area contributed by atoms with Gasteiger partial charge in [-0.15, -0.1) is 11.3 Å². The Kier molecular flexibility index (Phi) is 7.64. The molecule has 0 unspecified atom stereocenters. The predicted molar refractivity (Wildman–Crippen MR) is 104 cm³/mol. The Morgan fingerprint density at radius 3 is 2.72 bits per heavy atom. The number of hydrazine groups is 1. The number of hydrogen-bond donors (Lipinski definition) is 3. The SMILES string of the molecule is CCCCCCC(=O)NNC(=S)Nc1sc2c(c1C(=O)OC)CCC2. The molecule has 138 valence electrons. The largest absolute Gasteiger partial charge is 0.465 e. The van der Waals surface area contributed by atoms with Crippen LogP contribution in [0.1, 0.15) is 66.2 Å². The average Bonchev–Trinajstić information content (AvgIpc) is 3.17. The van der Waals surface area contributed by atoms with Crippen molar-refractivity contribution in [3.05, 3.63) is 16.0 Å². The number of thiophene rings is 1. The second-order valence-electron chi connectivity index (χ2n) is 5.99. The number of unbranched alkanes of at least 4 members (excludes halogenated alkanes) is 3. The van der Waals surface area contributed by atoms with E-state index in [0.29, 0.717) is 17.0 Å². The fraction of sp³-hybridized carbons (Fsp3) is 0.588. The molecule has 0 aromatic carbocycles. The van der Waals surface area contributed by atoms with Crippen molar-refractivity contribution >= 4 is 45.5 Å². The molecule has 1 aromatic heterocycles. The number of aryl methyl sites for hydroxylation is 1. The number of methoxy groups -OCH3 is 1. The predicted octanol–water partition coefficient (Wildman–Crippen LogP) is 3.31. The minimum atomic E-state index is -0.357. The van der Waals surface area contributed by atoms with Crippen molar-refractivity contribution in [3.63, 3.8) is 0 Å². The van der Waals surface area contributed by atoms with Gasteiger partial charge in [-0.3, -0.25) is 15.6 Å². The Bertz CT molecular complexity index is 643. The van der Waals surface area contributed by atoms with Crippen molar-refractivity contribution in [3.8, 4) is 0 Å². The van der Waals surface area contributed by atoms with Gasteiger partial charge in [0, 0.05) is 11.3 Å². The minimum Gasteiger partial charge on any atom is -0.465 e. The lowest BCUT2D eigenvalue weighted by Gasteiger charge is -2.12. The number of hydrogen-bond acceptors (Lipinski definition) is 5. The molecule has 3 N–H and O–H groups in total. The molecular formula is C17H25N3O3S2. The molecule has 2 rings (SSSR count). The number of thiocarbonyl (C=S) groups is 1. The first-order chi connectivity index (χ1) is 12.1. The van der Waals surface area contributed by atoms with E-state index in [-0.39, 0.29) is 17.0 Å². The fourth-order valence-electron chi connectivity index (χ4n) is 2.85. The summed E-state index contributed by atoms with van der Waals surface area (Å²) in [6.45, 7) is 2.13. The first-order valence-corrected chi connectivity index (χ1v) is 9.88. The second-order valence-corrected chi connectivity index (χ2v) is 7.50. The number of anilines is 1. The highest BCUT2D eigenvalue weighted by atomic mass is 32.1. The highest BCUT2D eigenvalue weighted by Gasteiger charge is 2.27. The Balaban J connectivity index is 1.87. The average molecular weight is 384 g/mol. The number of nitrogens with one attached hydrogen (secondary N) is 3. The zero-order valence-electron chi connectivity index (χ0n) is 14.7. The van der Waals surface area contributed by atoms with E-state index in [2.05, 4.69) is 23.1 Å². The van der Waals surface area contributed by atoms with Crippen LogP contribution in [0, 0.1) is 0 Å². The zero-order valence-corrected chi connectivity index (χ0v) is 16.3. The summed E-state index contributed by atoms with van der Waals surface area (Å²) in [5, 5.41) is 3.94. The summed E-state index contributed by atoms with van der Waals surface area (Å²) in [4.78, 5) is 25.1. The lowest BCUT2D eigenvalue weighted by Crippen LogP contribution is -2.43. The summed E-state index contributed by atoms with van der Waals surface area (Å²) in [7, 11) is 1.38. The lowest BCUT2D eigenvalue weighted by atomic mass is 10.1. The van der Waals surface area contributed by atoms with Crippen LogP contribution in [0.5, 0.6) is 0 Å². The maximum absolute atomic E-state index is 12.1. The standard InChI is InChI=1S/C17H25N3O3S2/c1-3-4-5-6-10-13(21)19-20-17(24)18-15-14(16(22)23-2)11-8-7-9-12(11)25-15/h3-10H2,1-2H3,(H,19,21)(H2,18,20,24). The molecule has 8 heteroatoms. The van der Waals surface area contributed by atoms with Gasteiger partial charge < -0.3 is 10.1 Å². The summed E-state index contributed by atoms with van der Waals surface area (Å²) in [6, 6.07) is 0. The zero-order chi connectivity index (χ0) is 18.2. The molecule has 1 aliphatic carbocycles. The molecule has 0 radical (unpaired) electrons. The van der Waals surface area contributed by atoms with E-state index in [0.717, 1.165) is 50.5 Å². The molecule has 0 fully saturated rings. The van der Waals surface area contributed by atoms with Gasteiger partial charge >= 0.3 is 5.97 Å². The molecular weight excluding hydrogens is 358 g/mol. The molecule has 25 heavy (non-hydrogen) atoms. The molecule has 0 aliphatic heterocycles. The molecule has 6 nitrogen and oxygen atoms in total. The maximum atomic E-state index is 12.1. The molecule has 1 amide bonds. The Labute approximate surface area is 157 Å². The Morgan fingerprint density at radius 1 is 1.20 bits per heavy atom. The highest BCUT2D eigenvalue weighted by molar-refractivity contribution is 7.80. The van der Waals surface area contributed by atoms with E-state index in [1.807, 2.05) is 0 Å². The van der Waals surface area contributed by atoms with E-state index >= 15 is 0 Å². The number of amides is 1. The summed E-state index contributed by atoms with van der Waals surface area (Å²) in [5.74, 6) is -0.452. The van der Waals surface area contributed by atoms with E-state index in [4.69, 9.17) is 17.0 Å². The number of ether oxygens (including phenoxy) is 1. The normalized spacial score (nSPS) is 12.4. The van der Waals surface area contributed by atoms with Crippen LogP contribution in [0.15, 0.2) is 0 Å². The van der Waals surface area contributed by atoms with E-state index in [1.54, 1.807) is 0 Å². The Morgan fingerprint density at radius 2 is 2.00 bits per heavy atom. The molecule has 0 saturated carbocycles. The summed E-state index contributed by atoms with van der Waals surface area (Å²) in [5.41, 5.74) is 6.91. The van der Waals surface area contributed by atoms with Gasteiger partial charge in [-0.1, -0.05) is 26.2 Å². The molecule has 0 spiro atoms. The third kappa shape index (κ3) is 5.40. The highest BCUT2D eigenvalue weighted by Crippen LogP contribution is 2.39. The Hall–Kier alpha value is -1.67. The first kappa shape index (κ1) is 19.7. The molecule has 1 aromatic rings. The number of rotatable bonds is 7. The monoisotopic (exact) mass is 383 g/mol. The van der Waals surface area contributed by atoms with Gasteiger partial charge in [0.15, 0.2) is 5.11 Å². The minimum absolute atomic E-state index is 0.0953. The molecule has 1 aliphatic rings. The van der Waals surface area contributed by atoms with Gasteiger partial charge in [-0.25, -0.2) is 4.79 Å². The maximum Gasteiger partial charge on any atom is 0.341 e. The third-order valence-corrected chi connectivity index (χ3v) is 5.52. The van der Waals surface area contributed by atoms with Crippen LogP contribution in [0.2, 0.25) is 0 Å². The van der Waals surface area contributed by atoms with Gasteiger partial charge in [-0.05, 0) is 43.5 Å². The van der Waals surface area contributed by atoms with Gasteiger partial charge in [0.25, 0.3) is 0 Å². The van der Waals surface area contributed by atoms with E-state index in [9.17, 15) is 9.59 Å². The number of esters is 1. The number of carbonyl (C=O) groups excluding carboxylic acids is 2. The van der Waals surface area contributed by atoms with Crippen LogP contribution in [-0.2, 0) is 22.4 Å². The van der Waals surface area contributed by atoms with Crippen LogP contribution < -0.4 is 16.2 Å². The van der Waals surface area contributed by atoms with Crippen LogP contribution in [-0.4, -0.2) is 24.1 Å². The number of fused-ring (bicyclic) bond motifs is 1. The van der Waals surface area contributed by atoms with E-state index < -0.39 is 0 Å². The molecule has 0 saturated heterocycles. The van der Waals surface area contributed by atoms with Crippen molar-refractivity contribution in [2.24, 2.45) is 0 Å². The topological polar surface area (TPSA) is 79.5 Å². The molecule has 0 atom stereocenters. The van der Waals surface area contributed by atoms with Crippen LogP contribution in [0.25, 0.3) is 0 Å². The molecule has 1 heterocycles. The van der Waals surface area contributed by atoms with Crippen LogP contribution in [0.4, 0.5) is 5.00 Å². The summed E-state index contributed by atoms with van der Waals surface area (Å²) >= 11 is 6.74. The van der Waals surface area contributed by atoms with Gasteiger partial charge in [0.2, 0.25) is 5.91 Å². The van der Waals surface area contributed by atoms with E-state index in [1.165, 1.54) is 23.3 Å². The smallest absolute Gasteiger partial charge is 0.341 e. The first-order valence-electron chi connectivity index (χ1n) is 8.65. The number of carbonyl (C=O) groups is 2. The van der Waals surface area contributed by atoms with Crippen LogP contribution >= 0.6 is 23.6 Å². The van der Waals surface area contributed by atoms with Gasteiger partial charge in [-0.2, -0.15) is 0 Å². The van der Waals surface area contributed by atoms with Gasteiger partial charge in [0.1, 0.15) is 5.00 Å². The lowest BCUT2D eigenvalue weighted by molar-refractivity contribution is -0.121. The second kappa shape index (κ2) is 9.72. The quantitative estimate of drug-likeness (QED) is 0.290. The molecule has 0 bridgehead atoms. The summed E-state index contributed by atoms with van der Waals surface area (Å²) < 4.78 is 4.90. The van der Waals surface area contributed by atoms with Crippen LogP contribution in [0.3, 0.4) is 0 Å². The van der Waals surface area contributed by atoms with Crippen molar-refractivity contribution < 1.29 is 14.3 Å². The van der Waals surface area contributed by atoms with Crippen molar-refractivity contribution in [1.82, 2.24) is 10.9 Å². The third-order valence-electron chi connectivity index (χ3n) is 4.11. The van der Waals surface area contributed by atoms with Crippen molar-refractivity contribution in [1.29, 1.82) is 0 Å². The van der Waals surface area contributed by atoms with Gasteiger partial charge in [0.05, 0.1) is 12.7 Å². The van der Waals surface area contributed by atoms with Crippen molar-refractivity contribution in [2.45, 2.75) is 58.3 Å².